The minimum absolute atomic E-state index is 0.136. The van der Waals surface area contributed by atoms with Gasteiger partial charge in [-0.25, -0.2) is 14.2 Å². The van der Waals surface area contributed by atoms with E-state index in [4.69, 9.17) is 0 Å². The molecule has 1 amide bonds. The molecular formula is C19H26F2N4O. The highest BCUT2D eigenvalue weighted by Gasteiger charge is 2.45. The predicted molar refractivity (Wildman–Crippen MR) is 94.1 cm³/mol. The van der Waals surface area contributed by atoms with Crippen LogP contribution in [0.3, 0.4) is 0 Å². The molecule has 1 aromatic rings. The van der Waals surface area contributed by atoms with Gasteiger partial charge in [-0.3, -0.25) is 10.2 Å². The Bertz CT molecular complexity index is 692. The average Bonchev–Trinajstić information content (AvgIpc) is 3.07. The summed E-state index contributed by atoms with van der Waals surface area (Å²) in [7, 11) is 0. The maximum Gasteiger partial charge on any atom is 0.229 e. The smallest absolute Gasteiger partial charge is 0.229 e. The fourth-order valence-corrected chi connectivity index (χ4v) is 4.64. The van der Waals surface area contributed by atoms with Gasteiger partial charge in [-0.15, -0.1) is 0 Å². The average molecular weight is 364 g/mol. The van der Waals surface area contributed by atoms with Crippen LogP contribution in [0.5, 0.6) is 0 Å². The van der Waals surface area contributed by atoms with E-state index < -0.39 is 11.6 Å². The number of piperidine rings is 2. The molecule has 4 atom stereocenters. The third-order valence-corrected chi connectivity index (χ3v) is 6.21. The van der Waals surface area contributed by atoms with Crippen molar-refractivity contribution in [2.45, 2.75) is 38.3 Å². The van der Waals surface area contributed by atoms with Crippen molar-refractivity contribution in [1.82, 2.24) is 21.1 Å². The summed E-state index contributed by atoms with van der Waals surface area (Å²) in [4.78, 5) is 15.1. The number of fused-ring (bicyclic) bond motifs is 1. The zero-order chi connectivity index (χ0) is 18.3. The standard InChI is InChI=1S/C19H26F2N4O/c1-19(6-2-7-22-11-19)18(26)25-8-5-16-13(10-25)17(24-23-16)12-3-4-14(20)15(21)9-12/h3-4,9,13,16-17,22-24H,2,5-8,10-11H2,1H3. The van der Waals surface area contributed by atoms with Gasteiger partial charge in [0, 0.05) is 31.6 Å². The second-order valence-corrected chi connectivity index (χ2v) is 8.09. The Morgan fingerprint density at radius 3 is 2.85 bits per heavy atom. The van der Waals surface area contributed by atoms with Gasteiger partial charge >= 0.3 is 0 Å². The Morgan fingerprint density at radius 2 is 2.12 bits per heavy atom. The topological polar surface area (TPSA) is 56.4 Å². The number of nitrogens with one attached hydrogen (secondary N) is 3. The minimum Gasteiger partial charge on any atom is -0.342 e. The Kier molecular flexibility index (Phi) is 4.71. The summed E-state index contributed by atoms with van der Waals surface area (Å²) in [5, 5.41) is 3.34. The highest BCUT2D eigenvalue weighted by molar-refractivity contribution is 5.83. The summed E-state index contributed by atoms with van der Waals surface area (Å²) in [5.41, 5.74) is 6.86. The molecule has 4 rings (SSSR count). The number of benzene rings is 1. The molecule has 0 spiro atoms. The van der Waals surface area contributed by atoms with Crippen LogP contribution in [-0.4, -0.2) is 43.0 Å². The van der Waals surface area contributed by atoms with Gasteiger partial charge in [0.2, 0.25) is 5.91 Å². The maximum absolute atomic E-state index is 13.7. The fourth-order valence-electron chi connectivity index (χ4n) is 4.64. The summed E-state index contributed by atoms with van der Waals surface area (Å²) >= 11 is 0. The van der Waals surface area contributed by atoms with E-state index in [1.165, 1.54) is 12.1 Å². The molecule has 4 unspecified atom stereocenters. The lowest BCUT2D eigenvalue weighted by atomic mass is 9.79. The van der Waals surface area contributed by atoms with E-state index in [9.17, 15) is 13.6 Å². The number of rotatable bonds is 2. The predicted octanol–water partition coefficient (Wildman–Crippen LogP) is 1.72. The van der Waals surface area contributed by atoms with Crippen molar-refractivity contribution in [3.05, 3.63) is 35.4 Å². The van der Waals surface area contributed by atoms with Crippen molar-refractivity contribution in [3.8, 4) is 0 Å². The number of hydrazine groups is 1. The van der Waals surface area contributed by atoms with Crippen LogP contribution in [-0.2, 0) is 4.79 Å². The number of likely N-dealkylation sites (tertiary alicyclic amines) is 1. The van der Waals surface area contributed by atoms with Crippen LogP contribution >= 0.6 is 0 Å². The summed E-state index contributed by atoms with van der Waals surface area (Å²) < 4.78 is 26.9. The van der Waals surface area contributed by atoms with Crippen LogP contribution in [0, 0.1) is 23.0 Å². The number of amides is 1. The van der Waals surface area contributed by atoms with E-state index in [1.807, 2.05) is 11.8 Å². The fraction of sp³-hybridized carbons (Fsp3) is 0.632. The van der Waals surface area contributed by atoms with Crippen molar-refractivity contribution >= 4 is 5.91 Å². The molecule has 142 valence electrons. The van der Waals surface area contributed by atoms with Crippen LogP contribution in [0.2, 0.25) is 0 Å². The molecule has 0 aromatic heterocycles. The van der Waals surface area contributed by atoms with Crippen LogP contribution in [0.4, 0.5) is 8.78 Å². The van der Waals surface area contributed by atoms with E-state index in [1.54, 1.807) is 6.07 Å². The molecule has 0 aliphatic carbocycles. The Morgan fingerprint density at radius 1 is 1.27 bits per heavy atom. The third kappa shape index (κ3) is 3.12. The highest BCUT2D eigenvalue weighted by Crippen LogP contribution is 2.36. The summed E-state index contributed by atoms with van der Waals surface area (Å²) in [6, 6.07) is 4.13. The Balaban J connectivity index is 1.51. The van der Waals surface area contributed by atoms with Gasteiger partial charge in [-0.1, -0.05) is 6.07 Å². The lowest BCUT2D eigenvalue weighted by Crippen LogP contribution is -2.55. The first-order chi connectivity index (χ1) is 12.5. The minimum atomic E-state index is -0.838. The van der Waals surface area contributed by atoms with Gasteiger partial charge in [0.25, 0.3) is 0 Å². The van der Waals surface area contributed by atoms with Crippen LogP contribution in [0.15, 0.2) is 18.2 Å². The molecule has 3 saturated heterocycles. The summed E-state index contributed by atoms with van der Waals surface area (Å²) in [5.74, 6) is -1.33. The quantitative estimate of drug-likeness (QED) is 0.748. The lowest BCUT2D eigenvalue weighted by molar-refractivity contribution is -0.144. The molecule has 5 nitrogen and oxygen atoms in total. The van der Waals surface area contributed by atoms with Crippen molar-refractivity contribution in [2.75, 3.05) is 26.2 Å². The molecule has 1 aromatic carbocycles. The first kappa shape index (κ1) is 17.8. The monoisotopic (exact) mass is 364 g/mol. The molecule has 0 saturated carbocycles. The van der Waals surface area contributed by atoms with E-state index >= 15 is 0 Å². The number of carbonyl (C=O) groups is 1. The van der Waals surface area contributed by atoms with E-state index in [0.717, 1.165) is 38.9 Å². The molecule has 3 N–H and O–H groups in total. The first-order valence-electron chi connectivity index (χ1n) is 9.44. The van der Waals surface area contributed by atoms with Gasteiger partial charge in [-0.2, -0.15) is 0 Å². The Hall–Kier alpha value is -1.57. The number of halogens is 2. The lowest BCUT2D eigenvalue weighted by Gasteiger charge is -2.42. The number of carbonyl (C=O) groups excluding carboxylic acids is 1. The van der Waals surface area contributed by atoms with Crippen molar-refractivity contribution in [2.24, 2.45) is 11.3 Å². The van der Waals surface area contributed by atoms with Gasteiger partial charge < -0.3 is 10.2 Å². The van der Waals surface area contributed by atoms with Gasteiger partial charge in [0.15, 0.2) is 11.6 Å². The van der Waals surface area contributed by atoms with E-state index in [0.29, 0.717) is 12.1 Å². The molecule has 0 radical (unpaired) electrons. The van der Waals surface area contributed by atoms with E-state index in [2.05, 4.69) is 16.2 Å². The summed E-state index contributed by atoms with van der Waals surface area (Å²) in [6.07, 6.45) is 2.78. The first-order valence-corrected chi connectivity index (χ1v) is 9.44. The molecule has 0 bridgehead atoms. The Labute approximate surface area is 152 Å². The molecule has 3 fully saturated rings. The van der Waals surface area contributed by atoms with Crippen molar-refractivity contribution in [1.29, 1.82) is 0 Å². The van der Waals surface area contributed by atoms with Gasteiger partial charge in [0.1, 0.15) is 0 Å². The molecule has 7 heteroatoms. The molecule has 3 aliphatic heterocycles. The van der Waals surface area contributed by atoms with Crippen molar-refractivity contribution in [3.63, 3.8) is 0 Å². The zero-order valence-electron chi connectivity index (χ0n) is 15.0. The zero-order valence-corrected chi connectivity index (χ0v) is 15.0. The van der Waals surface area contributed by atoms with Gasteiger partial charge in [0.05, 0.1) is 11.5 Å². The number of nitrogens with zero attached hydrogens (tertiary/aromatic N) is 1. The molecule has 3 aliphatic rings. The molecule has 3 heterocycles. The van der Waals surface area contributed by atoms with Crippen LogP contribution in [0.1, 0.15) is 37.8 Å². The van der Waals surface area contributed by atoms with Crippen LogP contribution in [0.25, 0.3) is 0 Å². The largest absolute Gasteiger partial charge is 0.342 e. The normalized spacial score (nSPS) is 34.6. The number of hydrogen-bond acceptors (Lipinski definition) is 4. The second kappa shape index (κ2) is 6.87. The van der Waals surface area contributed by atoms with Gasteiger partial charge in [-0.05, 0) is 50.4 Å². The maximum atomic E-state index is 13.7. The molecule has 26 heavy (non-hydrogen) atoms. The second-order valence-electron chi connectivity index (χ2n) is 8.09. The van der Waals surface area contributed by atoms with Crippen molar-refractivity contribution < 1.29 is 13.6 Å². The highest BCUT2D eigenvalue weighted by atomic mass is 19.2. The van der Waals surface area contributed by atoms with Crippen LogP contribution < -0.4 is 16.2 Å². The third-order valence-electron chi connectivity index (χ3n) is 6.21. The summed E-state index contributed by atoms with van der Waals surface area (Å²) in [6.45, 7) is 5.10. The SMILES string of the molecule is CC1(C(=O)N2CCC3NNC(c4ccc(F)c(F)c4)C3C2)CCCNC1. The van der Waals surface area contributed by atoms with E-state index in [-0.39, 0.29) is 29.3 Å². The number of hydrogen-bond donors (Lipinski definition) is 3. The molecular weight excluding hydrogens is 338 g/mol.